The van der Waals surface area contributed by atoms with Crippen LogP contribution in [-0.2, 0) is 11.2 Å². The first-order valence-corrected chi connectivity index (χ1v) is 7.65. The van der Waals surface area contributed by atoms with E-state index in [4.69, 9.17) is 5.73 Å². The molecular weight excluding hydrogens is 266 g/mol. The van der Waals surface area contributed by atoms with Crippen LogP contribution in [0.5, 0.6) is 0 Å². The average Bonchev–Trinajstić information content (AvgIpc) is 2.71. The van der Waals surface area contributed by atoms with E-state index in [1.807, 2.05) is 17.4 Å². The van der Waals surface area contributed by atoms with Gasteiger partial charge in [-0.2, -0.15) is 0 Å². The molecule has 0 aliphatic heterocycles. The summed E-state index contributed by atoms with van der Waals surface area (Å²) in [6.07, 6.45) is 4.78. The van der Waals surface area contributed by atoms with Gasteiger partial charge in [-0.15, -0.1) is 11.3 Å². The van der Waals surface area contributed by atoms with Crippen LogP contribution in [0.15, 0.2) is 35.9 Å². The first-order chi connectivity index (χ1) is 9.63. The molecule has 1 aromatic carbocycles. The van der Waals surface area contributed by atoms with E-state index in [0.717, 1.165) is 30.4 Å². The van der Waals surface area contributed by atoms with E-state index in [-0.39, 0.29) is 5.91 Å². The Morgan fingerprint density at radius 2 is 1.95 bits per heavy atom. The van der Waals surface area contributed by atoms with Crippen molar-refractivity contribution < 1.29 is 4.79 Å². The Hall–Kier alpha value is -1.87. The molecule has 1 amide bonds. The van der Waals surface area contributed by atoms with Crippen molar-refractivity contribution in [2.24, 2.45) is 5.73 Å². The molecule has 0 unspecified atom stereocenters. The zero-order valence-corrected chi connectivity index (χ0v) is 12.3. The molecule has 0 fully saturated rings. The molecule has 0 saturated heterocycles. The van der Waals surface area contributed by atoms with Crippen LogP contribution >= 0.6 is 11.3 Å². The molecule has 102 valence electrons. The average molecular weight is 283 g/mol. The number of amides is 1. The molecule has 1 aliphatic carbocycles. The van der Waals surface area contributed by atoms with E-state index in [2.05, 4.69) is 37.3 Å². The number of primary amides is 1. The summed E-state index contributed by atoms with van der Waals surface area (Å²) in [5.74, 6) is -0.291. The highest BCUT2D eigenvalue weighted by Gasteiger charge is 2.15. The van der Waals surface area contributed by atoms with Crippen molar-refractivity contribution >= 4 is 23.3 Å². The first-order valence-electron chi connectivity index (χ1n) is 6.83. The van der Waals surface area contributed by atoms with Gasteiger partial charge >= 0.3 is 0 Å². The van der Waals surface area contributed by atoms with E-state index in [0.29, 0.717) is 0 Å². The van der Waals surface area contributed by atoms with Crippen LogP contribution in [0.25, 0.3) is 16.5 Å². The number of nitrogens with two attached hydrogens (primary N) is 1. The number of thiophene rings is 1. The summed E-state index contributed by atoms with van der Waals surface area (Å²) >= 11 is 1.82. The molecule has 2 aromatic rings. The van der Waals surface area contributed by atoms with Crippen LogP contribution in [0.3, 0.4) is 0 Å². The minimum atomic E-state index is -0.291. The summed E-state index contributed by atoms with van der Waals surface area (Å²) in [5, 5.41) is 0. The summed E-state index contributed by atoms with van der Waals surface area (Å²) in [6, 6.07) is 10.7. The molecule has 0 saturated carbocycles. The van der Waals surface area contributed by atoms with E-state index < -0.39 is 0 Å². The highest BCUT2D eigenvalue weighted by Crippen LogP contribution is 2.35. The van der Waals surface area contributed by atoms with Crippen LogP contribution in [-0.4, -0.2) is 5.91 Å². The van der Waals surface area contributed by atoms with Gasteiger partial charge in [-0.05, 0) is 49.5 Å². The Morgan fingerprint density at radius 3 is 2.65 bits per heavy atom. The third kappa shape index (κ3) is 2.54. The van der Waals surface area contributed by atoms with E-state index in [1.165, 1.54) is 20.9 Å². The topological polar surface area (TPSA) is 43.1 Å². The minimum absolute atomic E-state index is 0.291. The van der Waals surface area contributed by atoms with Gasteiger partial charge in [0.25, 0.3) is 0 Å². The summed E-state index contributed by atoms with van der Waals surface area (Å²) in [4.78, 5) is 14.0. The van der Waals surface area contributed by atoms with Gasteiger partial charge in [0, 0.05) is 15.3 Å². The summed E-state index contributed by atoms with van der Waals surface area (Å²) in [5.41, 5.74) is 9.84. The third-order valence-corrected chi connectivity index (χ3v) is 4.93. The molecule has 0 atom stereocenters. The highest BCUT2D eigenvalue weighted by atomic mass is 32.1. The number of aryl methyl sites for hydroxylation is 2. The second kappa shape index (κ2) is 5.25. The molecule has 3 rings (SSSR count). The number of rotatable bonds is 2. The molecule has 3 heteroatoms. The fourth-order valence-electron chi connectivity index (χ4n) is 2.51. The minimum Gasteiger partial charge on any atom is -0.366 e. The van der Waals surface area contributed by atoms with E-state index in [9.17, 15) is 4.79 Å². The zero-order chi connectivity index (χ0) is 14.1. The van der Waals surface area contributed by atoms with Gasteiger partial charge in [0.15, 0.2) is 0 Å². The van der Waals surface area contributed by atoms with Crippen LogP contribution in [0.1, 0.15) is 28.8 Å². The predicted octanol–water partition coefficient (Wildman–Crippen LogP) is 3.93. The van der Waals surface area contributed by atoms with E-state index >= 15 is 0 Å². The van der Waals surface area contributed by atoms with Gasteiger partial charge < -0.3 is 5.73 Å². The van der Waals surface area contributed by atoms with Gasteiger partial charge in [-0.25, -0.2) is 0 Å². The quantitative estimate of drug-likeness (QED) is 0.891. The Balaban J connectivity index is 2.02. The lowest BCUT2D eigenvalue weighted by Gasteiger charge is -1.99. The second-order valence-corrected chi connectivity index (χ2v) is 6.38. The number of hydrogen-bond acceptors (Lipinski definition) is 2. The van der Waals surface area contributed by atoms with Gasteiger partial charge in [0.05, 0.1) is 0 Å². The van der Waals surface area contributed by atoms with Crippen molar-refractivity contribution in [3.8, 4) is 10.4 Å². The van der Waals surface area contributed by atoms with Crippen molar-refractivity contribution in [2.75, 3.05) is 0 Å². The smallest absolute Gasteiger partial charge is 0.244 e. The molecule has 2 nitrogen and oxygen atoms in total. The van der Waals surface area contributed by atoms with Crippen LogP contribution in [0.2, 0.25) is 0 Å². The fourth-order valence-corrected chi connectivity index (χ4v) is 3.70. The number of fused-ring (bicyclic) bond motifs is 1. The number of carbonyl (C=O) groups excluding carboxylic acids is 1. The molecule has 1 aliphatic rings. The summed E-state index contributed by atoms with van der Waals surface area (Å²) in [7, 11) is 0. The molecule has 0 bridgehead atoms. The van der Waals surface area contributed by atoms with Crippen molar-refractivity contribution in [1.29, 1.82) is 0 Å². The Bertz CT molecular complexity index is 680. The number of benzene rings is 1. The number of carbonyl (C=O) groups is 1. The van der Waals surface area contributed by atoms with Crippen molar-refractivity contribution in [3.05, 3.63) is 51.9 Å². The molecule has 20 heavy (non-hydrogen) atoms. The molecule has 0 spiro atoms. The first kappa shape index (κ1) is 13.1. The Morgan fingerprint density at radius 1 is 1.20 bits per heavy atom. The molecular formula is C17H17NOS. The third-order valence-electron chi connectivity index (χ3n) is 3.67. The standard InChI is InChI=1S/C17H17NOS/c1-11-5-7-12(8-6-11)16-10-14-9-13(17(18)19)3-2-4-15(14)20-16/h5-10H,2-4H2,1H3,(H2,18,19). The normalized spacial score (nSPS) is 14.3. The predicted molar refractivity (Wildman–Crippen MR) is 84.6 cm³/mol. The SMILES string of the molecule is Cc1ccc(-c2cc3c(s2)CCCC(C(N)=O)=C3)cc1. The maximum Gasteiger partial charge on any atom is 0.244 e. The second-order valence-electron chi connectivity index (χ2n) is 5.24. The van der Waals surface area contributed by atoms with Crippen LogP contribution in [0.4, 0.5) is 0 Å². The van der Waals surface area contributed by atoms with Gasteiger partial charge in [0.1, 0.15) is 0 Å². The summed E-state index contributed by atoms with van der Waals surface area (Å²) < 4.78 is 0. The van der Waals surface area contributed by atoms with Gasteiger partial charge in [0.2, 0.25) is 5.91 Å². The van der Waals surface area contributed by atoms with Crippen LogP contribution < -0.4 is 5.73 Å². The van der Waals surface area contributed by atoms with Gasteiger partial charge in [-0.1, -0.05) is 29.8 Å². The lowest BCUT2D eigenvalue weighted by atomic mass is 10.1. The van der Waals surface area contributed by atoms with Gasteiger partial charge in [-0.3, -0.25) is 4.79 Å². The highest BCUT2D eigenvalue weighted by molar-refractivity contribution is 7.15. The van der Waals surface area contributed by atoms with Crippen molar-refractivity contribution in [3.63, 3.8) is 0 Å². The molecule has 1 heterocycles. The van der Waals surface area contributed by atoms with Crippen molar-refractivity contribution in [2.45, 2.75) is 26.2 Å². The lowest BCUT2D eigenvalue weighted by molar-refractivity contribution is -0.114. The molecule has 0 radical (unpaired) electrons. The zero-order valence-electron chi connectivity index (χ0n) is 11.5. The largest absolute Gasteiger partial charge is 0.366 e. The Kier molecular flexibility index (Phi) is 3.45. The molecule has 2 N–H and O–H groups in total. The van der Waals surface area contributed by atoms with E-state index in [1.54, 1.807) is 0 Å². The Labute approximate surface area is 122 Å². The van der Waals surface area contributed by atoms with Crippen molar-refractivity contribution in [1.82, 2.24) is 0 Å². The maximum atomic E-state index is 11.4. The molecule has 1 aromatic heterocycles. The fraction of sp³-hybridized carbons (Fsp3) is 0.235. The number of hydrogen-bond donors (Lipinski definition) is 1. The lowest BCUT2D eigenvalue weighted by Crippen LogP contribution is -2.13. The monoisotopic (exact) mass is 283 g/mol. The summed E-state index contributed by atoms with van der Waals surface area (Å²) in [6.45, 7) is 2.09. The maximum absolute atomic E-state index is 11.4. The van der Waals surface area contributed by atoms with Crippen LogP contribution in [0, 0.1) is 6.92 Å².